The lowest BCUT2D eigenvalue weighted by Crippen LogP contribution is -2.48. The number of hydrogen-bond donors (Lipinski definition) is 0. The largest absolute Gasteiger partial charge is 0.416 e. The average Bonchev–Trinajstić information content (AvgIpc) is 3.28. The first-order valence-corrected chi connectivity index (χ1v) is 10.4. The second kappa shape index (κ2) is 9.72. The van der Waals surface area contributed by atoms with Gasteiger partial charge in [0.2, 0.25) is 11.7 Å². The molecule has 0 atom stereocenters. The molecule has 3 aromatic rings. The third-order valence-electron chi connectivity index (χ3n) is 5.45. The summed E-state index contributed by atoms with van der Waals surface area (Å²) in [6.45, 7) is 3.20. The number of alkyl halides is 3. The second-order valence-corrected chi connectivity index (χ2v) is 7.79. The summed E-state index contributed by atoms with van der Waals surface area (Å²) in [6.07, 6.45) is -4.44. The Bertz CT molecular complexity index is 1090. The van der Waals surface area contributed by atoms with Crippen molar-refractivity contribution >= 4 is 5.91 Å². The molecular weight excluding hydrogens is 437 g/mol. The van der Waals surface area contributed by atoms with Crippen molar-refractivity contribution in [1.29, 1.82) is 0 Å². The summed E-state index contributed by atoms with van der Waals surface area (Å²) in [6, 6.07) is 12.2. The van der Waals surface area contributed by atoms with Gasteiger partial charge in [-0.1, -0.05) is 29.4 Å². The van der Waals surface area contributed by atoms with Crippen LogP contribution in [0.3, 0.4) is 0 Å². The van der Waals surface area contributed by atoms with Crippen LogP contribution in [0.1, 0.15) is 27.4 Å². The van der Waals surface area contributed by atoms with Crippen molar-refractivity contribution in [2.24, 2.45) is 0 Å². The minimum absolute atomic E-state index is 0.0248. The Morgan fingerprint density at radius 2 is 1.82 bits per heavy atom. The van der Waals surface area contributed by atoms with Gasteiger partial charge in [-0.25, -0.2) is 0 Å². The van der Waals surface area contributed by atoms with E-state index in [-0.39, 0.29) is 17.3 Å². The Morgan fingerprint density at radius 1 is 1.09 bits per heavy atom. The molecule has 1 aromatic heterocycles. The van der Waals surface area contributed by atoms with Crippen LogP contribution in [0.4, 0.5) is 13.2 Å². The van der Waals surface area contributed by atoms with E-state index in [1.165, 1.54) is 12.1 Å². The number of aromatic nitrogens is 2. The predicted octanol–water partition coefficient (Wildman–Crippen LogP) is 3.86. The zero-order valence-electron chi connectivity index (χ0n) is 18.0. The molecular formula is C23H23F3N4O3. The number of carbonyl (C=O) groups is 1. The van der Waals surface area contributed by atoms with Crippen LogP contribution in [-0.2, 0) is 24.1 Å². The summed E-state index contributed by atoms with van der Waals surface area (Å²) >= 11 is 0. The highest BCUT2D eigenvalue weighted by Crippen LogP contribution is 2.31. The molecule has 2 heterocycles. The van der Waals surface area contributed by atoms with Gasteiger partial charge in [-0.2, -0.15) is 18.2 Å². The van der Waals surface area contributed by atoms with Crippen molar-refractivity contribution < 1.29 is 27.2 Å². The van der Waals surface area contributed by atoms with E-state index in [0.29, 0.717) is 50.8 Å². The molecule has 1 aliphatic rings. The van der Waals surface area contributed by atoms with E-state index < -0.39 is 11.7 Å². The first-order valence-electron chi connectivity index (χ1n) is 10.4. The Labute approximate surface area is 188 Å². The number of halogens is 3. The van der Waals surface area contributed by atoms with E-state index in [1.54, 1.807) is 24.1 Å². The molecule has 7 nitrogen and oxygen atoms in total. The summed E-state index contributed by atoms with van der Waals surface area (Å²) in [4.78, 5) is 20.9. The standard InChI is InChI=1S/C23H23F3N4O3/c1-32-15-16-5-7-17(8-6-16)22(31)30-11-9-29(10-12-30)14-20-27-21(28-33-20)18-3-2-4-19(13-18)23(24,25)26/h2-8,13H,9-12,14-15H2,1H3. The van der Waals surface area contributed by atoms with E-state index >= 15 is 0 Å². The van der Waals surface area contributed by atoms with Crippen LogP contribution in [0.15, 0.2) is 53.1 Å². The first-order chi connectivity index (χ1) is 15.8. The topological polar surface area (TPSA) is 71.7 Å². The van der Waals surface area contributed by atoms with E-state index in [2.05, 4.69) is 15.0 Å². The van der Waals surface area contributed by atoms with Crippen molar-refractivity contribution in [3.8, 4) is 11.4 Å². The van der Waals surface area contributed by atoms with Crippen molar-refractivity contribution in [3.05, 3.63) is 71.1 Å². The van der Waals surface area contributed by atoms with E-state index in [4.69, 9.17) is 9.26 Å². The zero-order valence-corrected chi connectivity index (χ0v) is 18.0. The SMILES string of the molecule is COCc1ccc(C(=O)N2CCN(Cc3nc(-c4cccc(C(F)(F)F)c4)no3)CC2)cc1. The van der Waals surface area contributed by atoms with Crippen LogP contribution in [0.2, 0.25) is 0 Å². The van der Waals surface area contributed by atoms with Crippen LogP contribution in [0.25, 0.3) is 11.4 Å². The average molecular weight is 460 g/mol. The lowest BCUT2D eigenvalue weighted by Gasteiger charge is -2.34. The van der Waals surface area contributed by atoms with E-state index in [0.717, 1.165) is 17.7 Å². The van der Waals surface area contributed by atoms with Crippen LogP contribution in [0, 0.1) is 0 Å². The highest BCUT2D eigenvalue weighted by atomic mass is 19.4. The molecule has 0 saturated carbocycles. The van der Waals surface area contributed by atoms with Gasteiger partial charge in [0.15, 0.2) is 0 Å². The Kier molecular flexibility index (Phi) is 6.75. The van der Waals surface area contributed by atoms with Crippen LogP contribution < -0.4 is 0 Å². The number of hydrogen-bond acceptors (Lipinski definition) is 6. The number of carbonyl (C=O) groups excluding carboxylic acids is 1. The third-order valence-corrected chi connectivity index (χ3v) is 5.45. The quantitative estimate of drug-likeness (QED) is 0.556. The summed E-state index contributed by atoms with van der Waals surface area (Å²) in [5.74, 6) is 0.404. The van der Waals surface area contributed by atoms with Crippen LogP contribution >= 0.6 is 0 Å². The molecule has 0 spiro atoms. The number of rotatable bonds is 6. The van der Waals surface area contributed by atoms with Gasteiger partial charge >= 0.3 is 6.18 Å². The summed E-state index contributed by atoms with van der Waals surface area (Å²) in [7, 11) is 1.62. The van der Waals surface area contributed by atoms with E-state index in [1.807, 2.05) is 12.1 Å². The Hall–Kier alpha value is -3.24. The minimum atomic E-state index is -4.44. The van der Waals surface area contributed by atoms with Gasteiger partial charge in [-0.15, -0.1) is 0 Å². The lowest BCUT2D eigenvalue weighted by atomic mass is 10.1. The number of amides is 1. The van der Waals surface area contributed by atoms with Crippen molar-refractivity contribution in [2.45, 2.75) is 19.3 Å². The van der Waals surface area contributed by atoms with Crippen LogP contribution in [-0.4, -0.2) is 59.1 Å². The Balaban J connectivity index is 1.33. The van der Waals surface area contributed by atoms with Gasteiger partial charge < -0.3 is 14.2 Å². The molecule has 174 valence electrons. The number of benzene rings is 2. The van der Waals surface area contributed by atoms with Crippen molar-refractivity contribution in [3.63, 3.8) is 0 Å². The van der Waals surface area contributed by atoms with Gasteiger partial charge in [0.05, 0.1) is 18.7 Å². The lowest BCUT2D eigenvalue weighted by molar-refractivity contribution is -0.137. The molecule has 0 bridgehead atoms. The third kappa shape index (κ3) is 5.58. The van der Waals surface area contributed by atoms with Gasteiger partial charge in [0.25, 0.3) is 5.91 Å². The summed E-state index contributed by atoms with van der Waals surface area (Å²) in [5.41, 5.74) is 1.11. The molecule has 0 N–H and O–H groups in total. The fourth-order valence-electron chi connectivity index (χ4n) is 3.66. The zero-order chi connectivity index (χ0) is 23.4. The summed E-state index contributed by atoms with van der Waals surface area (Å²) < 4.78 is 49.2. The smallest absolute Gasteiger partial charge is 0.380 e. The fraction of sp³-hybridized carbons (Fsp3) is 0.348. The first kappa shape index (κ1) is 22.9. The van der Waals surface area contributed by atoms with Crippen molar-refractivity contribution in [1.82, 2.24) is 19.9 Å². The molecule has 0 unspecified atom stereocenters. The number of nitrogens with zero attached hydrogens (tertiary/aromatic N) is 4. The van der Waals surface area contributed by atoms with Gasteiger partial charge in [0, 0.05) is 44.4 Å². The maximum atomic E-state index is 12.9. The second-order valence-electron chi connectivity index (χ2n) is 7.79. The molecule has 0 aliphatic carbocycles. The predicted molar refractivity (Wildman–Crippen MR) is 113 cm³/mol. The fourth-order valence-corrected chi connectivity index (χ4v) is 3.66. The maximum absolute atomic E-state index is 12.9. The molecule has 1 amide bonds. The molecule has 1 fully saturated rings. The molecule has 33 heavy (non-hydrogen) atoms. The normalized spacial score (nSPS) is 15.1. The maximum Gasteiger partial charge on any atom is 0.416 e. The number of ether oxygens (including phenoxy) is 1. The highest BCUT2D eigenvalue weighted by Gasteiger charge is 2.31. The molecule has 10 heteroatoms. The molecule has 2 aromatic carbocycles. The molecule has 4 rings (SSSR count). The molecule has 0 radical (unpaired) electrons. The van der Waals surface area contributed by atoms with Crippen LogP contribution in [0.5, 0.6) is 0 Å². The molecule has 1 saturated heterocycles. The Morgan fingerprint density at radius 3 is 2.48 bits per heavy atom. The molecule has 1 aliphatic heterocycles. The van der Waals surface area contributed by atoms with Gasteiger partial charge in [0.1, 0.15) is 0 Å². The number of piperazine rings is 1. The number of methoxy groups -OCH3 is 1. The monoisotopic (exact) mass is 460 g/mol. The van der Waals surface area contributed by atoms with E-state index in [9.17, 15) is 18.0 Å². The minimum Gasteiger partial charge on any atom is -0.380 e. The summed E-state index contributed by atoms with van der Waals surface area (Å²) in [5, 5.41) is 3.82. The van der Waals surface area contributed by atoms with Gasteiger partial charge in [-0.3, -0.25) is 9.69 Å². The highest BCUT2D eigenvalue weighted by molar-refractivity contribution is 5.94. The van der Waals surface area contributed by atoms with Gasteiger partial charge in [-0.05, 0) is 29.8 Å². The van der Waals surface area contributed by atoms with Crippen molar-refractivity contribution in [2.75, 3.05) is 33.3 Å².